The van der Waals surface area contributed by atoms with E-state index in [0.29, 0.717) is 0 Å². The summed E-state index contributed by atoms with van der Waals surface area (Å²) in [4.78, 5) is 20.2. The van der Waals surface area contributed by atoms with Gasteiger partial charge in [0.05, 0.1) is 5.12 Å². The summed E-state index contributed by atoms with van der Waals surface area (Å²) in [6, 6.07) is 0. The van der Waals surface area contributed by atoms with Gasteiger partial charge in [-0.15, -0.1) is 10.2 Å². The minimum atomic E-state index is -1.06. The lowest BCUT2D eigenvalue weighted by Gasteiger charge is -2.09. The van der Waals surface area contributed by atoms with Crippen LogP contribution in [0, 0.1) is 20.2 Å². The molecule has 0 rings (SSSR count). The molecular weight excluding hydrogens is 228 g/mol. The van der Waals surface area contributed by atoms with Crippen LogP contribution >= 0.6 is 0 Å². The Kier molecular flexibility index (Phi) is 4.55. The number of hydrogen-bond acceptors (Lipinski definition) is 8. The van der Waals surface area contributed by atoms with Crippen LogP contribution in [-0.4, -0.2) is 27.1 Å². The van der Waals surface area contributed by atoms with Crippen molar-refractivity contribution in [3.63, 3.8) is 0 Å². The molecule has 0 aromatic heterocycles. The van der Waals surface area contributed by atoms with Crippen LogP contribution in [0.25, 0.3) is 0 Å². The van der Waals surface area contributed by atoms with Gasteiger partial charge in [0.25, 0.3) is 5.96 Å². The largest absolute Gasteiger partial charge is 0.364 e. The summed E-state index contributed by atoms with van der Waals surface area (Å²) in [5, 5.41) is 23.9. The van der Waals surface area contributed by atoms with E-state index in [1.807, 2.05) is 0 Å². The topological polar surface area (TPSA) is 216 Å². The predicted molar refractivity (Wildman–Crippen MR) is 49.5 cm³/mol. The molecule has 0 spiro atoms. The van der Waals surface area contributed by atoms with Gasteiger partial charge in [-0.2, -0.15) is 5.53 Å². The Hall–Kier alpha value is -3.06. The summed E-state index contributed by atoms with van der Waals surface area (Å²) in [7, 11) is 0. The fourth-order valence-corrected chi connectivity index (χ4v) is 0.446. The Morgan fingerprint density at radius 1 is 1.31 bits per heavy atom. The van der Waals surface area contributed by atoms with E-state index in [9.17, 15) is 20.2 Å². The minimum absolute atomic E-state index is 0.00547. The first-order chi connectivity index (χ1) is 7.38. The standard InChI is InChI=1S/C2H8N10O4/c3-1(8-11(13)14)7-9-10(12(15)16)2(4)6-5/h9H,5H2,(H2,4,6)(H3,3,7,8). The van der Waals surface area contributed by atoms with Gasteiger partial charge in [0.15, 0.2) is 10.1 Å². The van der Waals surface area contributed by atoms with Crippen molar-refractivity contribution in [3.8, 4) is 0 Å². The highest BCUT2D eigenvalue weighted by Gasteiger charge is 2.19. The summed E-state index contributed by atoms with van der Waals surface area (Å²) < 4.78 is 0. The quantitative estimate of drug-likeness (QED) is 0.105. The number of nitrogens with zero attached hydrogens (tertiary/aromatic N) is 5. The van der Waals surface area contributed by atoms with Crippen LogP contribution in [0.3, 0.4) is 0 Å². The first-order valence-corrected chi connectivity index (χ1v) is 3.36. The Morgan fingerprint density at radius 2 is 1.88 bits per heavy atom. The van der Waals surface area contributed by atoms with Crippen molar-refractivity contribution < 1.29 is 10.1 Å². The molecule has 0 saturated carbocycles. The van der Waals surface area contributed by atoms with E-state index in [0.717, 1.165) is 0 Å². The summed E-state index contributed by atoms with van der Waals surface area (Å²) in [5.74, 6) is 3.20. The second kappa shape index (κ2) is 5.62. The van der Waals surface area contributed by atoms with Gasteiger partial charge >= 0.3 is 5.96 Å². The number of nitrogens with two attached hydrogens (primary N) is 3. The van der Waals surface area contributed by atoms with Crippen molar-refractivity contribution in [2.75, 3.05) is 0 Å². The first-order valence-electron chi connectivity index (χ1n) is 3.36. The van der Waals surface area contributed by atoms with E-state index in [1.54, 1.807) is 5.53 Å². The third kappa shape index (κ3) is 4.25. The van der Waals surface area contributed by atoms with Crippen molar-refractivity contribution >= 4 is 11.9 Å². The minimum Gasteiger partial charge on any atom is -0.364 e. The maximum atomic E-state index is 10.3. The van der Waals surface area contributed by atoms with E-state index < -0.39 is 22.0 Å². The van der Waals surface area contributed by atoms with Crippen LogP contribution < -0.4 is 28.3 Å². The van der Waals surface area contributed by atoms with E-state index >= 15 is 0 Å². The number of hydrazine groups is 3. The highest BCUT2D eigenvalue weighted by Crippen LogP contribution is 1.81. The van der Waals surface area contributed by atoms with Crippen molar-refractivity contribution in [2.24, 2.45) is 27.5 Å². The summed E-state index contributed by atoms with van der Waals surface area (Å²) in [6.45, 7) is 0. The molecule has 0 aromatic rings. The molecule has 14 nitrogen and oxygen atoms in total. The second-order valence-electron chi connectivity index (χ2n) is 2.00. The van der Waals surface area contributed by atoms with Crippen LogP contribution in [0.5, 0.6) is 0 Å². The summed E-state index contributed by atoms with van der Waals surface area (Å²) in [6.07, 6.45) is 0. The fourth-order valence-electron chi connectivity index (χ4n) is 0.446. The predicted octanol–water partition coefficient (Wildman–Crippen LogP) is -3.82. The molecule has 0 aromatic carbocycles. The molecular formula is C2H8N10O4. The van der Waals surface area contributed by atoms with Crippen molar-refractivity contribution in [1.82, 2.24) is 16.1 Å². The normalized spacial score (nSPS) is 11.8. The van der Waals surface area contributed by atoms with Gasteiger partial charge in [-0.1, -0.05) is 5.43 Å². The van der Waals surface area contributed by atoms with E-state index in [-0.39, 0.29) is 5.12 Å². The van der Waals surface area contributed by atoms with Gasteiger partial charge in [0.1, 0.15) is 0 Å². The molecule has 90 valence electrons. The maximum absolute atomic E-state index is 10.3. The molecule has 0 bridgehead atoms. The lowest BCUT2D eigenvalue weighted by atomic mass is 11.0. The molecule has 16 heavy (non-hydrogen) atoms. The van der Waals surface area contributed by atoms with Crippen LogP contribution in [0.15, 0.2) is 10.2 Å². The van der Waals surface area contributed by atoms with Crippen LogP contribution in [-0.2, 0) is 0 Å². The highest BCUT2D eigenvalue weighted by molar-refractivity contribution is 5.77. The highest BCUT2D eigenvalue weighted by atomic mass is 16.7. The molecule has 14 heteroatoms. The van der Waals surface area contributed by atoms with E-state index in [2.05, 4.69) is 16.0 Å². The number of nitro groups is 2. The van der Waals surface area contributed by atoms with Crippen LogP contribution in [0.1, 0.15) is 0 Å². The number of nitrogens with one attached hydrogen (secondary N) is 2. The van der Waals surface area contributed by atoms with Gasteiger partial charge in [0, 0.05) is 0 Å². The zero-order valence-corrected chi connectivity index (χ0v) is 7.60. The first kappa shape index (κ1) is 12.9. The average Bonchev–Trinajstić information content (AvgIpc) is 2.15. The maximum Gasteiger partial charge on any atom is 0.303 e. The Balaban J connectivity index is 4.55. The molecule has 0 heterocycles. The number of rotatable bonds is 4. The molecule has 0 radical (unpaired) electrons. The van der Waals surface area contributed by atoms with Crippen molar-refractivity contribution in [1.29, 1.82) is 0 Å². The molecule has 0 amide bonds. The van der Waals surface area contributed by atoms with Gasteiger partial charge in [-0.05, 0) is 0 Å². The third-order valence-electron chi connectivity index (χ3n) is 0.984. The number of guanidine groups is 2. The molecule has 0 aliphatic heterocycles. The summed E-state index contributed by atoms with van der Waals surface area (Å²) in [5.41, 5.74) is 13.0. The Morgan fingerprint density at radius 3 is 2.25 bits per heavy atom. The average molecular weight is 236 g/mol. The SMILES string of the molecule is NN=C(N)N(NN=C(N)N[N+](=O)[O-])[N+](=O)[O-]. The third-order valence-corrected chi connectivity index (χ3v) is 0.984. The van der Waals surface area contributed by atoms with Gasteiger partial charge in [-0.3, -0.25) is 0 Å². The lowest BCUT2D eigenvalue weighted by Crippen LogP contribution is -2.50. The van der Waals surface area contributed by atoms with Gasteiger partial charge in [-0.25, -0.2) is 20.2 Å². The fraction of sp³-hybridized carbons (Fsp3) is 0. The molecule has 0 fully saturated rings. The molecule has 8 N–H and O–H groups in total. The number of hydrazone groups is 2. The summed E-state index contributed by atoms with van der Waals surface area (Å²) >= 11 is 0. The van der Waals surface area contributed by atoms with Crippen LogP contribution in [0.2, 0.25) is 0 Å². The zero-order chi connectivity index (χ0) is 12.7. The smallest absolute Gasteiger partial charge is 0.303 e. The van der Waals surface area contributed by atoms with E-state index in [4.69, 9.17) is 11.5 Å². The number of hydrogen-bond donors (Lipinski definition) is 5. The van der Waals surface area contributed by atoms with E-state index in [1.165, 1.54) is 5.43 Å². The second-order valence-corrected chi connectivity index (χ2v) is 2.00. The Bertz CT molecular complexity index is 334. The van der Waals surface area contributed by atoms with Crippen molar-refractivity contribution in [2.45, 2.75) is 0 Å². The molecule has 0 aliphatic carbocycles. The zero-order valence-electron chi connectivity index (χ0n) is 7.60. The lowest BCUT2D eigenvalue weighted by molar-refractivity contribution is -0.644. The van der Waals surface area contributed by atoms with Crippen molar-refractivity contribution in [3.05, 3.63) is 20.2 Å². The van der Waals surface area contributed by atoms with Crippen LogP contribution in [0.4, 0.5) is 0 Å². The van der Waals surface area contributed by atoms with Gasteiger partial charge in [0.2, 0.25) is 0 Å². The molecule has 0 atom stereocenters. The Labute approximate surface area is 86.9 Å². The molecule has 0 aliphatic rings. The molecule has 0 unspecified atom stereocenters. The monoisotopic (exact) mass is 236 g/mol. The van der Waals surface area contributed by atoms with Gasteiger partial charge < -0.3 is 17.3 Å². The molecule has 0 saturated heterocycles.